The summed E-state index contributed by atoms with van der Waals surface area (Å²) in [6.45, 7) is 5.97. The van der Waals surface area contributed by atoms with Gasteiger partial charge in [-0.05, 0) is 42.7 Å². The van der Waals surface area contributed by atoms with E-state index in [-0.39, 0.29) is 4.90 Å². The zero-order chi connectivity index (χ0) is 17.0. The van der Waals surface area contributed by atoms with E-state index in [1.165, 1.54) is 12.1 Å². The average Bonchev–Trinajstić information content (AvgIpc) is 2.53. The zero-order valence-electron chi connectivity index (χ0n) is 13.3. The number of amides is 1. The second-order valence-electron chi connectivity index (χ2n) is 5.65. The van der Waals surface area contributed by atoms with Crippen LogP contribution in [-0.4, -0.2) is 14.3 Å². The Morgan fingerprint density at radius 3 is 2.04 bits per heavy atom. The Morgan fingerprint density at radius 1 is 0.957 bits per heavy atom. The highest BCUT2D eigenvalue weighted by molar-refractivity contribution is 7.89. The van der Waals surface area contributed by atoms with Gasteiger partial charge in [0.2, 0.25) is 0 Å². The SMILES string of the molecule is Cc1ccc(C(=O)NNS(=O)(=O)c2ccc(C(C)C)cc2)cc1. The van der Waals surface area contributed by atoms with Crippen molar-refractivity contribution in [2.75, 3.05) is 0 Å². The number of sulfonamides is 1. The summed E-state index contributed by atoms with van der Waals surface area (Å²) in [5, 5.41) is 0. The highest BCUT2D eigenvalue weighted by Crippen LogP contribution is 2.17. The number of hydrogen-bond acceptors (Lipinski definition) is 3. The molecule has 0 radical (unpaired) electrons. The fourth-order valence-electron chi connectivity index (χ4n) is 1.98. The Hall–Kier alpha value is -2.18. The van der Waals surface area contributed by atoms with Crippen molar-refractivity contribution in [3.8, 4) is 0 Å². The second-order valence-corrected chi connectivity index (χ2v) is 7.33. The van der Waals surface area contributed by atoms with E-state index in [0.717, 1.165) is 11.1 Å². The highest BCUT2D eigenvalue weighted by atomic mass is 32.2. The number of hydrogen-bond donors (Lipinski definition) is 2. The first kappa shape index (κ1) is 17.2. The first-order valence-electron chi connectivity index (χ1n) is 7.28. The van der Waals surface area contributed by atoms with E-state index in [0.29, 0.717) is 11.5 Å². The number of carbonyl (C=O) groups excluding carboxylic acids is 1. The molecule has 2 rings (SSSR count). The first-order chi connectivity index (χ1) is 10.8. The van der Waals surface area contributed by atoms with Crippen molar-refractivity contribution < 1.29 is 13.2 Å². The van der Waals surface area contributed by atoms with Crippen LogP contribution in [0, 0.1) is 6.92 Å². The van der Waals surface area contributed by atoms with E-state index < -0.39 is 15.9 Å². The molecule has 1 amide bonds. The van der Waals surface area contributed by atoms with Crippen LogP contribution in [0.4, 0.5) is 0 Å². The maximum atomic E-state index is 12.2. The molecule has 0 heterocycles. The van der Waals surface area contributed by atoms with Gasteiger partial charge in [0.25, 0.3) is 15.9 Å². The van der Waals surface area contributed by atoms with Crippen LogP contribution in [0.3, 0.4) is 0 Å². The fourth-order valence-corrected chi connectivity index (χ4v) is 2.82. The van der Waals surface area contributed by atoms with Gasteiger partial charge in [0.15, 0.2) is 0 Å². The van der Waals surface area contributed by atoms with E-state index in [1.807, 2.05) is 20.8 Å². The molecule has 0 spiro atoms. The number of carbonyl (C=O) groups is 1. The fraction of sp³-hybridized carbons (Fsp3) is 0.235. The largest absolute Gasteiger partial charge is 0.273 e. The van der Waals surface area contributed by atoms with Crippen LogP contribution in [0.15, 0.2) is 53.4 Å². The van der Waals surface area contributed by atoms with Crippen LogP contribution < -0.4 is 10.3 Å². The van der Waals surface area contributed by atoms with Crippen LogP contribution in [0.2, 0.25) is 0 Å². The minimum atomic E-state index is -3.80. The molecule has 2 aromatic carbocycles. The monoisotopic (exact) mass is 332 g/mol. The van der Waals surface area contributed by atoms with E-state index >= 15 is 0 Å². The summed E-state index contributed by atoms with van der Waals surface area (Å²) in [6, 6.07) is 13.4. The lowest BCUT2D eigenvalue weighted by atomic mass is 10.0. The summed E-state index contributed by atoms with van der Waals surface area (Å²) >= 11 is 0. The van der Waals surface area contributed by atoms with Gasteiger partial charge in [0, 0.05) is 5.56 Å². The van der Waals surface area contributed by atoms with Crippen molar-refractivity contribution in [2.45, 2.75) is 31.6 Å². The normalized spacial score (nSPS) is 11.5. The van der Waals surface area contributed by atoms with Crippen molar-refractivity contribution in [3.05, 3.63) is 65.2 Å². The number of benzene rings is 2. The molecule has 2 N–H and O–H groups in total. The number of rotatable bonds is 5. The van der Waals surface area contributed by atoms with E-state index in [9.17, 15) is 13.2 Å². The van der Waals surface area contributed by atoms with Gasteiger partial charge in [-0.15, -0.1) is 4.83 Å². The third-order valence-corrected chi connectivity index (χ3v) is 4.73. The molecule has 0 saturated heterocycles. The summed E-state index contributed by atoms with van der Waals surface area (Å²) < 4.78 is 24.4. The van der Waals surface area contributed by atoms with Crippen LogP contribution in [0.5, 0.6) is 0 Å². The highest BCUT2D eigenvalue weighted by Gasteiger charge is 2.16. The summed E-state index contributed by atoms with van der Waals surface area (Å²) in [4.78, 5) is 14.2. The maximum Gasteiger partial charge on any atom is 0.266 e. The molecule has 0 atom stereocenters. The molecule has 6 heteroatoms. The maximum absolute atomic E-state index is 12.2. The molecular formula is C17H20N2O3S. The van der Waals surface area contributed by atoms with Gasteiger partial charge >= 0.3 is 0 Å². The second kappa shape index (κ2) is 6.93. The van der Waals surface area contributed by atoms with Gasteiger partial charge in [-0.3, -0.25) is 10.2 Å². The number of hydrazine groups is 1. The molecule has 0 unspecified atom stereocenters. The van der Waals surface area contributed by atoms with Gasteiger partial charge in [-0.2, -0.15) is 0 Å². The minimum Gasteiger partial charge on any atom is -0.273 e. The Bertz CT molecular complexity index is 780. The molecule has 0 saturated carbocycles. The van der Waals surface area contributed by atoms with E-state index in [2.05, 4.69) is 10.3 Å². The average molecular weight is 332 g/mol. The molecule has 23 heavy (non-hydrogen) atoms. The third-order valence-electron chi connectivity index (χ3n) is 3.47. The summed E-state index contributed by atoms with van der Waals surface area (Å²) in [7, 11) is -3.80. The molecule has 2 aromatic rings. The smallest absolute Gasteiger partial charge is 0.266 e. The number of nitrogens with one attached hydrogen (secondary N) is 2. The van der Waals surface area contributed by atoms with Crippen LogP contribution in [-0.2, 0) is 10.0 Å². The van der Waals surface area contributed by atoms with Gasteiger partial charge in [-0.1, -0.05) is 43.7 Å². The molecule has 0 aliphatic heterocycles. The van der Waals surface area contributed by atoms with Crippen molar-refractivity contribution in [1.29, 1.82) is 0 Å². The van der Waals surface area contributed by atoms with Crippen molar-refractivity contribution in [2.24, 2.45) is 0 Å². The van der Waals surface area contributed by atoms with Crippen LogP contribution >= 0.6 is 0 Å². The molecule has 0 aromatic heterocycles. The molecule has 5 nitrogen and oxygen atoms in total. The topological polar surface area (TPSA) is 75.3 Å². The molecule has 0 aliphatic rings. The zero-order valence-corrected chi connectivity index (χ0v) is 14.1. The van der Waals surface area contributed by atoms with Crippen molar-refractivity contribution in [1.82, 2.24) is 10.3 Å². The molecule has 0 fully saturated rings. The lowest BCUT2D eigenvalue weighted by Gasteiger charge is -2.10. The molecule has 0 aliphatic carbocycles. The van der Waals surface area contributed by atoms with Crippen molar-refractivity contribution in [3.63, 3.8) is 0 Å². The summed E-state index contributed by atoms with van der Waals surface area (Å²) in [5.74, 6) is -0.187. The molecular weight excluding hydrogens is 312 g/mol. The predicted molar refractivity (Wildman–Crippen MR) is 89.5 cm³/mol. The Morgan fingerprint density at radius 2 is 1.52 bits per heavy atom. The first-order valence-corrected chi connectivity index (χ1v) is 8.76. The standard InChI is InChI=1S/C17H20N2O3S/c1-12(2)14-8-10-16(11-9-14)23(21,22)19-18-17(20)15-6-4-13(3)5-7-15/h4-12,19H,1-3H3,(H,18,20). The van der Waals surface area contributed by atoms with Crippen LogP contribution in [0.1, 0.15) is 41.3 Å². The Kier molecular flexibility index (Phi) is 5.18. The Labute approximate surface area is 136 Å². The summed E-state index contributed by atoms with van der Waals surface area (Å²) in [5.41, 5.74) is 4.67. The summed E-state index contributed by atoms with van der Waals surface area (Å²) in [6.07, 6.45) is 0. The van der Waals surface area contributed by atoms with Gasteiger partial charge < -0.3 is 0 Å². The minimum absolute atomic E-state index is 0.103. The van der Waals surface area contributed by atoms with Gasteiger partial charge in [0.1, 0.15) is 0 Å². The molecule has 0 bridgehead atoms. The predicted octanol–water partition coefficient (Wildman–Crippen LogP) is 2.74. The Balaban J connectivity index is 2.06. The van der Waals surface area contributed by atoms with Crippen LogP contribution in [0.25, 0.3) is 0 Å². The lowest BCUT2D eigenvalue weighted by Crippen LogP contribution is -2.41. The quantitative estimate of drug-likeness (QED) is 0.827. The van der Waals surface area contributed by atoms with Gasteiger partial charge in [-0.25, -0.2) is 8.42 Å². The number of aryl methyl sites for hydroxylation is 1. The third kappa shape index (κ3) is 4.40. The van der Waals surface area contributed by atoms with Gasteiger partial charge in [0.05, 0.1) is 4.90 Å². The van der Waals surface area contributed by atoms with E-state index in [4.69, 9.17) is 0 Å². The van der Waals surface area contributed by atoms with Crippen molar-refractivity contribution >= 4 is 15.9 Å². The van der Waals surface area contributed by atoms with E-state index in [1.54, 1.807) is 36.4 Å². The molecule has 122 valence electrons. The lowest BCUT2D eigenvalue weighted by molar-refractivity contribution is 0.0945.